The molecule has 0 saturated heterocycles. The maximum Gasteiger partial charge on any atom is 0.124 e. The highest BCUT2D eigenvalue weighted by Gasteiger charge is 2.15. The summed E-state index contributed by atoms with van der Waals surface area (Å²) in [5.74, 6) is 0. The smallest absolute Gasteiger partial charge is 0.124 e. The lowest BCUT2D eigenvalue weighted by atomic mass is 9.98. The molecule has 0 amide bonds. The van der Waals surface area contributed by atoms with Gasteiger partial charge in [-0.3, -0.25) is 4.98 Å². The zero-order valence-corrected chi connectivity index (χ0v) is 30.1. The molecule has 4 nitrogen and oxygen atoms in total. The minimum absolute atomic E-state index is 1.03. The van der Waals surface area contributed by atoms with E-state index in [-0.39, 0.29) is 0 Å². The maximum absolute atomic E-state index is 4.90. The Bertz CT molecular complexity index is 2690. The van der Waals surface area contributed by atoms with Crippen molar-refractivity contribution >= 4 is 70.9 Å². The van der Waals surface area contributed by atoms with Crippen molar-refractivity contribution < 1.29 is 0 Å². The lowest BCUT2D eigenvalue weighted by Gasteiger charge is -2.26. The van der Waals surface area contributed by atoms with Crippen molar-refractivity contribution in [3.63, 3.8) is 0 Å². The van der Waals surface area contributed by atoms with Gasteiger partial charge in [0.05, 0.1) is 20.4 Å². The van der Waals surface area contributed by atoms with E-state index >= 15 is 0 Å². The van der Waals surface area contributed by atoms with E-state index < -0.39 is 0 Å². The third-order valence-electron chi connectivity index (χ3n) is 9.65. The van der Waals surface area contributed by atoms with E-state index in [9.17, 15) is 0 Å². The molecule has 0 unspecified atom stereocenters. The Labute approximate surface area is 315 Å². The molecule has 0 atom stereocenters. The summed E-state index contributed by atoms with van der Waals surface area (Å²) in [6, 6.07) is 60.4. The predicted octanol–water partition coefficient (Wildman–Crippen LogP) is 13.6. The van der Waals surface area contributed by atoms with Gasteiger partial charge in [-0.25, -0.2) is 9.97 Å². The minimum atomic E-state index is 1.03. The van der Waals surface area contributed by atoms with Crippen LogP contribution in [0.5, 0.6) is 0 Å². The summed E-state index contributed by atoms with van der Waals surface area (Å²) in [5.41, 5.74) is 12.3. The molecule has 0 radical (unpaired) electrons. The highest BCUT2D eigenvalue weighted by Crippen LogP contribution is 2.39. The molecule has 0 spiro atoms. The number of rotatable bonds is 7. The van der Waals surface area contributed by atoms with E-state index in [0.29, 0.717) is 0 Å². The summed E-state index contributed by atoms with van der Waals surface area (Å²) in [4.78, 5) is 16.4. The van der Waals surface area contributed by atoms with Crippen LogP contribution in [0.4, 0.5) is 17.1 Å². The zero-order chi connectivity index (χ0) is 35.1. The summed E-state index contributed by atoms with van der Waals surface area (Å²) in [6.45, 7) is 0. The van der Waals surface area contributed by atoms with Crippen LogP contribution in [-0.4, -0.2) is 15.0 Å². The van der Waals surface area contributed by atoms with Crippen LogP contribution in [0.15, 0.2) is 182 Å². The van der Waals surface area contributed by atoms with Crippen molar-refractivity contribution in [2.45, 2.75) is 0 Å². The largest absolute Gasteiger partial charge is 0.311 e. The van der Waals surface area contributed by atoms with E-state index in [1.165, 1.54) is 37.0 Å². The SMILES string of the molecule is c1ccc2sc(-c3ccc(N(c4ccc(-c5ccc(-c6ccc7cnccc7c6)cc5)cc4)c4ccc(-c5nc6ccccc6s5)cc4)cc3)nc2c1. The fourth-order valence-electron chi connectivity index (χ4n) is 6.87. The van der Waals surface area contributed by atoms with E-state index in [4.69, 9.17) is 9.97 Å². The molecule has 0 saturated carbocycles. The molecule has 0 aliphatic carbocycles. The first-order valence-corrected chi connectivity index (χ1v) is 19.1. The molecular formula is C47H30N4S2. The minimum Gasteiger partial charge on any atom is -0.311 e. The molecule has 10 aromatic rings. The van der Waals surface area contributed by atoms with Gasteiger partial charge in [0.25, 0.3) is 0 Å². The summed E-state index contributed by atoms with van der Waals surface area (Å²) in [7, 11) is 0. The highest BCUT2D eigenvalue weighted by atomic mass is 32.1. The summed E-state index contributed by atoms with van der Waals surface area (Å²) in [5, 5.41) is 4.39. The van der Waals surface area contributed by atoms with Crippen molar-refractivity contribution in [2.75, 3.05) is 4.90 Å². The number of thiazole rings is 2. The van der Waals surface area contributed by atoms with Crippen molar-refractivity contribution in [1.29, 1.82) is 0 Å². The van der Waals surface area contributed by atoms with Crippen LogP contribution in [0.3, 0.4) is 0 Å². The number of benzene rings is 7. The molecular weight excluding hydrogens is 685 g/mol. The quantitative estimate of drug-likeness (QED) is 0.165. The number of hydrogen-bond acceptors (Lipinski definition) is 6. The van der Waals surface area contributed by atoms with Gasteiger partial charge in [-0.1, -0.05) is 72.8 Å². The number of pyridine rings is 1. The van der Waals surface area contributed by atoms with Gasteiger partial charge in [0.2, 0.25) is 0 Å². The summed E-state index contributed by atoms with van der Waals surface area (Å²) in [6.07, 6.45) is 3.75. The van der Waals surface area contributed by atoms with Crippen LogP contribution < -0.4 is 4.90 Å². The predicted molar refractivity (Wildman–Crippen MR) is 225 cm³/mol. The summed E-state index contributed by atoms with van der Waals surface area (Å²) >= 11 is 3.45. The molecule has 250 valence electrons. The average molecular weight is 715 g/mol. The first-order valence-electron chi connectivity index (χ1n) is 17.5. The van der Waals surface area contributed by atoms with Crippen LogP contribution in [0.2, 0.25) is 0 Å². The Morgan fingerprint density at radius 1 is 0.377 bits per heavy atom. The number of aromatic nitrogens is 3. The van der Waals surface area contributed by atoms with Crippen molar-refractivity contribution in [1.82, 2.24) is 15.0 Å². The fourth-order valence-corrected chi connectivity index (χ4v) is 8.81. The zero-order valence-electron chi connectivity index (χ0n) is 28.4. The van der Waals surface area contributed by atoms with Crippen LogP contribution in [-0.2, 0) is 0 Å². The van der Waals surface area contributed by atoms with Gasteiger partial charge < -0.3 is 4.90 Å². The Morgan fingerprint density at radius 3 is 1.32 bits per heavy atom. The second-order valence-electron chi connectivity index (χ2n) is 13.0. The lowest BCUT2D eigenvalue weighted by Crippen LogP contribution is -2.09. The number of para-hydroxylation sites is 2. The van der Waals surface area contributed by atoms with E-state index in [1.807, 2.05) is 24.5 Å². The molecule has 6 heteroatoms. The second kappa shape index (κ2) is 13.3. The monoisotopic (exact) mass is 714 g/mol. The van der Waals surface area contributed by atoms with Crippen LogP contribution in [0, 0.1) is 0 Å². The van der Waals surface area contributed by atoms with E-state index in [0.717, 1.165) is 54.6 Å². The van der Waals surface area contributed by atoms with Gasteiger partial charge >= 0.3 is 0 Å². The number of hydrogen-bond donors (Lipinski definition) is 0. The van der Waals surface area contributed by atoms with Gasteiger partial charge in [-0.15, -0.1) is 22.7 Å². The Morgan fingerprint density at radius 2 is 0.811 bits per heavy atom. The van der Waals surface area contributed by atoms with E-state index in [1.54, 1.807) is 22.7 Å². The first kappa shape index (κ1) is 31.3. The molecule has 0 fully saturated rings. The molecule has 0 aliphatic heterocycles. The van der Waals surface area contributed by atoms with Crippen molar-refractivity contribution in [2.24, 2.45) is 0 Å². The molecule has 0 aliphatic rings. The second-order valence-corrected chi connectivity index (χ2v) is 15.0. The average Bonchev–Trinajstić information content (AvgIpc) is 3.87. The summed E-state index contributed by atoms with van der Waals surface area (Å²) < 4.78 is 2.39. The first-order chi connectivity index (χ1) is 26.2. The Balaban J connectivity index is 0.975. The molecule has 3 aromatic heterocycles. The molecule has 7 aromatic carbocycles. The van der Waals surface area contributed by atoms with Gasteiger partial charge in [0.1, 0.15) is 10.0 Å². The number of fused-ring (bicyclic) bond motifs is 3. The third kappa shape index (κ3) is 6.04. The van der Waals surface area contributed by atoms with E-state index in [2.05, 4.69) is 168 Å². The standard InChI is InChI=1S/C47H30N4S2/c1-3-7-44-42(5-1)49-46(52-44)34-17-23-40(24-18-34)51(41-25-19-35(20-26-41)47-50-43-6-2-4-8-45(43)53-47)39-21-15-32(16-22-39)31-9-11-33(12-10-31)36-13-14-38-30-48-28-27-37(38)29-36/h1-30H. The van der Waals surface area contributed by atoms with Gasteiger partial charge in [0, 0.05) is 46.0 Å². The van der Waals surface area contributed by atoms with Crippen LogP contribution >= 0.6 is 22.7 Å². The van der Waals surface area contributed by atoms with Gasteiger partial charge in [-0.05, 0) is 125 Å². The number of nitrogens with zero attached hydrogens (tertiary/aromatic N) is 4. The molecule has 0 bridgehead atoms. The van der Waals surface area contributed by atoms with Crippen LogP contribution in [0.25, 0.3) is 74.6 Å². The van der Waals surface area contributed by atoms with Gasteiger partial charge in [0.15, 0.2) is 0 Å². The van der Waals surface area contributed by atoms with Crippen LogP contribution in [0.1, 0.15) is 0 Å². The Hall–Kier alpha value is -6.47. The van der Waals surface area contributed by atoms with Crippen molar-refractivity contribution in [3.05, 3.63) is 182 Å². The molecule has 53 heavy (non-hydrogen) atoms. The number of anilines is 3. The maximum atomic E-state index is 4.90. The van der Waals surface area contributed by atoms with Gasteiger partial charge in [-0.2, -0.15) is 0 Å². The fraction of sp³-hybridized carbons (Fsp3) is 0. The molecule has 0 N–H and O–H groups in total. The molecule has 10 rings (SSSR count). The van der Waals surface area contributed by atoms with Crippen molar-refractivity contribution in [3.8, 4) is 43.4 Å². The normalized spacial score (nSPS) is 11.4. The lowest BCUT2D eigenvalue weighted by molar-refractivity contribution is 1.28. The third-order valence-corrected chi connectivity index (χ3v) is 11.8. The topological polar surface area (TPSA) is 41.9 Å². The molecule has 3 heterocycles. The highest BCUT2D eigenvalue weighted by molar-refractivity contribution is 7.22. The Kier molecular flexibility index (Phi) is 7.82.